The van der Waals surface area contributed by atoms with Crippen LogP contribution in [0.5, 0.6) is 5.75 Å². The second-order valence-electron chi connectivity index (χ2n) is 13.6. The first-order valence-corrected chi connectivity index (χ1v) is 18.1. The molecule has 1 amide bonds. The van der Waals surface area contributed by atoms with Crippen LogP contribution in [0.2, 0.25) is 10.0 Å². The monoisotopic (exact) mass is 738 g/mol. The zero-order valence-electron chi connectivity index (χ0n) is 30.4. The Kier molecular flexibility index (Phi) is 9.45. The van der Waals surface area contributed by atoms with E-state index in [0.29, 0.717) is 48.0 Å². The molecule has 268 valence electrons. The lowest BCUT2D eigenvalue weighted by molar-refractivity contribution is -0.580. The van der Waals surface area contributed by atoms with Gasteiger partial charge in [-0.1, -0.05) is 34.4 Å². The molecule has 5 heterocycles. The van der Waals surface area contributed by atoms with Crippen molar-refractivity contribution in [2.24, 2.45) is 19.2 Å². The van der Waals surface area contributed by atoms with E-state index < -0.39 is 0 Å². The van der Waals surface area contributed by atoms with E-state index in [1.165, 1.54) is 6.21 Å². The maximum absolute atomic E-state index is 15.1. The number of anilines is 1. The Morgan fingerprint density at radius 2 is 1.83 bits per heavy atom. The highest BCUT2D eigenvalue weighted by Gasteiger charge is 2.38. The van der Waals surface area contributed by atoms with Crippen molar-refractivity contribution in [1.29, 1.82) is 5.41 Å². The summed E-state index contributed by atoms with van der Waals surface area (Å²) in [7, 11) is 3.90. The first kappa shape index (κ1) is 35.4. The normalized spacial score (nSPS) is 14.7. The van der Waals surface area contributed by atoms with Gasteiger partial charge >= 0.3 is 0 Å². The molecule has 1 aliphatic rings. The number of nitrogens with two attached hydrogens (primary N) is 1. The van der Waals surface area contributed by atoms with Gasteiger partial charge in [0.2, 0.25) is 0 Å². The van der Waals surface area contributed by atoms with Crippen LogP contribution in [-0.2, 0) is 20.5 Å². The lowest BCUT2D eigenvalue weighted by Crippen LogP contribution is -2.71. The fraction of sp³-hybridized carbons (Fsp3) is 0.308. The largest absolute Gasteiger partial charge is 0.494 e. The summed E-state index contributed by atoms with van der Waals surface area (Å²) in [5, 5.41) is 18.5. The van der Waals surface area contributed by atoms with Crippen molar-refractivity contribution in [3.05, 3.63) is 86.4 Å². The number of pyridine rings is 1. The second-order valence-corrected chi connectivity index (χ2v) is 14.4. The van der Waals surface area contributed by atoms with E-state index in [9.17, 15) is 0 Å². The third-order valence-corrected chi connectivity index (χ3v) is 11.0. The van der Waals surface area contributed by atoms with E-state index in [1.54, 1.807) is 5.43 Å². The van der Waals surface area contributed by atoms with Gasteiger partial charge in [0, 0.05) is 72.4 Å². The number of amides is 1. The molecule has 0 radical (unpaired) electrons. The molecule has 1 atom stereocenters. The number of ether oxygens (including phenoxy) is 1. The van der Waals surface area contributed by atoms with Gasteiger partial charge in [-0.05, 0) is 88.4 Å². The number of quaternary nitrogens is 1. The van der Waals surface area contributed by atoms with Gasteiger partial charge in [0.05, 0.1) is 34.0 Å². The van der Waals surface area contributed by atoms with Crippen LogP contribution in [0, 0.1) is 33.1 Å². The van der Waals surface area contributed by atoms with Crippen molar-refractivity contribution >= 4 is 75.0 Å². The lowest BCUT2D eigenvalue weighted by Gasteiger charge is -2.34. The lowest BCUT2D eigenvalue weighted by atomic mass is 9.98. The minimum absolute atomic E-state index is 0.0959. The third kappa shape index (κ3) is 5.96. The number of halogens is 2. The summed E-state index contributed by atoms with van der Waals surface area (Å²) in [4.78, 5) is 21.8. The number of nitrogens with one attached hydrogen (secondary N) is 1. The Bertz CT molecular complexity index is 2410. The molecule has 3 N–H and O–H groups in total. The second kappa shape index (κ2) is 13.9. The zero-order valence-corrected chi connectivity index (χ0v) is 31.9. The Hall–Kier alpha value is -4.97. The highest BCUT2D eigenvalue weighted by atomic mass is 35.5. The van der Waals surface area contributed by atoms with Crippen LogP contribution < -0.4 is 15.1 Å². The number of hydrogen-bond donors (Lipinski definition) is 2. The molecular weight excluding hydrogens is 697 g/mol. The fourth-order valence-corrected chi connectivity index (χ4v) is 7.98. The fourth-order valence-electron chi connectivity index (χ4n) is 7.62. The van der Waals surface area contributed by atoms with Crippen LogP contribution in [-0.4, -0.2) is 55.4 Å². The average molecular weight is 740 g/mol. The van der Waals surface area contributed by atoms with E-state index in [-0.39, 0.29) is 11.9 Å². The molecule has 0 fully saturated rings. The molecule has 0 aliphatic carbocycles. The summed E-state index contributed by atoms with van der Waals surface area (Å²) in [6.45, 7) is 11.1. The Labute approximate surface area is 312 Å². The summed E-state index contributed by atoms with van der Waals surface area (Å²) in [5.41, 5.74) is 12.2. The number of aromatic nitrogens is 5. The van der Waals surface area contributed by atoms with Gasteiger partial charge in [-0.3, -0.25) is 9.48 Å². The van der Waals surface area contributed by atoms with Crippen LogP contribution in [0.15, 0.2) is 47.7 Å². The highest BCUT2D eigenvalue weighted by Crippen LogP contribution is 2.45. The molecule has 4 aromatic heterocycles. The SMILES string of the molecule is Cc1cc(OCCCc2c3n(c4c(-c5c(C)nn(C)c5C)c(Cl)ccc24)[C@H](C)CN(c2cn(C)c4ccc([NH2+]/N=C\C=N)nc24)C3=O)cc(C)c1Cl. The predicted molar refractivity (Wildman–Crippen MR) is 209 cm³/mol. The van der Waals surface area contributed by atoms with Crippen molar-refractivity contribution in [3.63, 3.8) is 0 Å². The molecular formula is C39H42Cl2N9O2+. The molecule has 2 aromatic carbocycles. The van der Waals surface area contributed by atoms with Crippen molar-refractivity contribution in [2.45, 2.75) is 53.5 Å². The summed E-state index contributed by atoms with van der Waals surface area (Å²) in [6, 6.07) is 11.7. The molecule has 0 saturated carbocycles. The number of carbonyl (C=O) groups excluding carboxylic acids is 1. The first-order valence-electron chi connectivity index (χ1n) is 17.3. The maximum Gasteiger partial charge on any atom is 0.275 e. The minimum Gasteiger partial charge on any atom is -0.494 e. The molecule has 11 nitrogen and oxygen atoms in total. The van der Waals surface area contributed by atoms with E-state index in [4.69, 9.17) is 43.4 Å². The van der Waals surface area contributed by atoms with Crippen molar-refractivity contribution in [3.8, 4) is 16.9 Å². The van der Waals surface area contributed by atoms with Gasteiger partial charge in [-0.2, -0.15) is 15.5 Å². The number of fused-ring (bicyclic) bond motifs is 4. The molecule has 0 bridgehead atoms. The zero-order chi connectivity index (χ0) is 37.0. The van der Waals surface area contributed by atoms with Crippen LogP contribution in [0.3, 0.4) is 0 Å². The van der Waals surface area contributed by atoms with E-state index in [0.717, 1.165) is 78.3 Å². The molecule has 0 saturated heterocycles. The summed E-state index contributed by atoms with van der Waals surface area (Å²) in [5.74, 6) is 1.32. The van der Waals surface area contributed by atoms with E-state index in [2.05, 4.69) is 29.6 Å². The van der Waals surface area contributed by atoms with Gasteiger partial charge in [0.15, 0.2) is 0 Å². The number of rotatable bonds is 10. The summed E-state index contributed by atoms with van der Waals surface area (Å²) in [6.07, 6.45) is 5.78. The average Bonchev–Trinajstić information content (AvgIpc) is 3.71. The molecule has 13 heteroatoms. The van der Waals surface area contributed by atoms with Crippen LogP contribution >= 0.6 is 23.2 Å². The number of carbonyl (C=O) groups is 1. The van der Waals surface area contributed by atoms with Crippen molar-refractivity contribution in [1.82, 2.24) is 23.9 Å². The van der Waals surface area contributed by atoms with Gasteiger partial charge in [-0.25, -0.2) is 0 Å². The first-order chi connectivity index (χ1) is 24.9. The molecule has 52 heavy (non-hydrogen) atoms. The molecule has 1 aliphatic heterocycles. The van der Waals surface area contributed by atoms with Gasteiger partial charge in [0.25, 0.3) is 11.7 Å². The highest BCUT2D eigenvalue weighted by molar-refractivity contribution is 6.35. The standard InChI is InChI=1S/C39H41Cl2N9O2/c1-21-17-26(18-22(2)35(21)41)52-16-8-9-27-28-10-11-29(40)34(33-24(4)46-48(7)25(33)5)37(28)50-23(3)19-49(39(51)38(27)50)31-20-47(6)30-12-13-32(44-36(30)31)45-43-15-14-42/h10-15,17-18,20,23,42H,8-9,16,19H2,1-7H3,(H,44,45)/p+1/b42-14?,43-15-/t23-/m1/s1. The molecule has 6 aromatic rings. The number of nitrogens with zero attached hydrogens (tertiary/aromatic N) is 7. The predicted octanol–water partition coefficient (Wildman–Crippen LogP) is 7.53. The summed E-state index contributed by atoms with van der Waals surface area (Å²) >= 11 is 13.5. The number of hydrogen-bond acceptors (Lipinski definition) is 6. The summed E-state index contributed by atoms with van der Waals surface area (Å²) < 4.78 is 12.3. The van der Waals surface area contributed by atoms with Gasteiger partial charge in [0.1, 0.15) is 23.2 Å². The number of benzene rings is 2. The van der Waals surface area contributed by atoms with E-state index >= 15 is 4.79 Å². The quantitative estimate of drug-likeness (QED) is 0.0653. The van der Waals surface area contributed by atoms with Crippen LogP contribution in [0.1, 0.15) is 58.0 Å². The van der Waals surface area contributed by atoms with E-state index in [1.807, 2.05) is 85.5 Å². The van der Waals surface area contributed by atoms with Crippen LogP contribution in [0.25, 0.3) is 33.1 Å². The Balaban J connectivity index is 1.36. The van der Waals surface area contributed by atoms with Crippen LogP contribution in [0.4, 0.5) is 11.5 Å². The molecule has 0 spiro atoms. The Morgan fingerprint density at radius 3 is 2.52 bits per heavy atom. The maximum atomic E-state index is 15.1. The molecule has 0 unspecified atom stereocenters. The van der Waals surface area contributed by atoms with Crippen molar-refractivity contribution in [2.75, 3.05) is 18.1 Å². The van der Waals surface area contributed by atoms with Gasteiger partial charge in [-0.15, -0.1) is 0 Å². The smallest absolute Gasteiger partial charge is 0.275 e. The number of aryl methyl sites for hydroxylation is 6. The van der Waals surface area contributed by atoms with Crippen molar-refractivity contribution < 1.29 is 15.0 Å². The Morgan fingerprint density at radius 1 is 1.08 bits per heavy atom. The third-order valence-electron chi connectivity index (χ3n) is 10.1. The molecule has 7 rings (SSSR count). The topological polar surface area (TPSA) is 123 Å². The minimum atomic E-state index is -0.100. The van der Waals surface area contributed by atoms with Gasteiger partial charge < -0.3 is 24.2 Å².